The van der Waals surface area contributed by atoms with Crippen LogP contribution in [-0.4, -0.2) is 52.1 Å². The third kappa shape index (κ3) is 4.54. The summed E-state index contributed by atoms with van der Waals surface area (Å²) in [6.45, 7) is 1.80. The van der Waals surface area contributed by atoms with Crippen molar-refractivity contribution in [3.05, 3.63) is 69.5 Å². The molecule has 10 heteroatoms. The molecule has 1 aromatic heterocycles. The summed E-state index contributed by atoms with van der Waals surface area (Å²) >= 11 is 0. The number of benzene rings is 2. The number of nitrogens with zero attached hydrogens (tertiary/aromatic N) is 2. The van der Waals surface area contributed by atoms with E-state index in [0.717, 1.165) is 16.5 Å². The zero-order chi connectivity index (χ0) is 24.4. The van der Waals surface area contributed by atoms with Crippen LogP contribution in [0.3, 0.4) is 0 Å². The standard InChI is InChI=1S/C24H25N5O5/c1-13-18(6-2-14-3-7-20(32)28-22(13)14)29(8-9-30)21(33)11-19(31)24(34)27-16-4-5-17-15(10-16)12-26-23(17)25/h2-7,10,19,30-31H,8-9,11-12H2,1H3,(H2,25,26)(H,27,34)(H,28,32). The number of pyridine rings is 1. The van der Waals surface area contributed by atoms with Gasteiger partial charge >= 0.3 is 0 Å². The highest BCUT2D eigenvalue weighted by atomic mass is 16.3. The Hall–Kier alpha value is -4.02. The molecule has 3 aromatic rings. The number of rotatable bonds is 7. The van der Waals surface area contributed by atoms with Crippen LogP contribution in [-0.2, 0) is 16.1 Å². The van der Waals surface area contributed by atoms with Crippen molar-refractivity contribution in [2.24, 2.45) is 10.7 Å². The maximum absolute atomic E-state index is 13.0. The van der Waals surface area contributed by atoms with Crippen molar-refractivity contribution in [1.82, 2.24) is 4.98 Å². The van der Waals surface area contributed by atoms with Gasteiger partial charge in [-0.3, -0.25) is 19.4 Å². The van der Waals surface area contributed by atoms with E-state index in [0.29, 0.717) is 34.8 Å². The number of nitrogens with one attached hydrogen (secondary N) is 2. The fourth-order valence-electron chi connectivity index (χ4n) is 4.03. The number of aliphatic hydroxyl groups is 2. The Balaban J connectivity index is 1.49. The topological polar surface area (TPSA) is 161 Å². The SMILES string of the molecule is Cc1c(N(CCO)C(=O)CC(O)C(=O)Nc2ccc3c(c2)CN=C3N)ccc2ccc(=O)[nH]c12. The molecule has 0 saturated carbocycles. The number of H-pyrrole nitrogens is 1. The van der Waals surface area contributed by atoms with Gasteiger partial charge in [-0.2, -0.15) is 0 Å². The summed E-state index contributed by atoms with van der Waals surface area (Å²) in [5.74, 6) is -0.841. The lowest BCUT2D eigenvalue weighted by molar-refractivity contribution is -0.129. The summed E-state index contributed by atoms with van der Waals surface area (Å²) in [7, 11) is 0. The lowest BCUT2D eigenvalue weighted by Crippen LogP contribution is -2.39. The van der Waals surface area contributed by atoms with Gasteiger partial charge in [0.2, 0.25) is 11.5 Å². The number of aromatic amines is 1. The third-order valence-electron chi connectivity index (χ3n) is 5.79. The average Bonchev–Trinajstić information content (AvgIpc) is 3.18. The van der Waals surface area contributed by atoms with Crippen LogP contribution >= 0.6 is 0 Å². The van der Waals surface area contributed by atoms with Crippen LogP contribution in [0.4, 0.5) is 11.4 Å². The largest absolute Gasteiger partial charge is 0.395 e. The van der Waals surface area contributed by atoms with E-state index < -0.39 is 24.3 Å². The van der Waals surface area contributed by atoms with Crippen molar-refractivity contribution >= 4 is 39.9 Å². The van der Waals surface area contributed by atoms with Crippen molar-refractivity contribution in [2.75, 3.05) is 23.4 Å². The number of aromatic nitrogens is 1. The fraction of sp³-hybridized carbons (Fsp3) is 0.250. The average molecular weight is 463 g/mol. The van der Waals surface area contributed by atoms with E-state index in [-0.39, 0.29) is 18.7 Å². The highest BCUT2D eigenvalue weighted by Gasteiger charge is 2.25. The Bertz CT molecular complexity index is 1360. The molecule has 0 saturated heterocycles. The second-order valence-electron chi connectivity index (χ2n) is 8.05. The molecular formula is C24H25N5O5. The lowest BCUT2D eigenvalue weighted by atomic mass is 10.1. The number of aliphatic hydroxyl groups excluding tert-OH is 2. The zero-order valence-corrected chi connectivity index (χ0v) is 18.5. The van der Waals surface area contributed by atoms with Gasteiger partial charge in [-0.25, -0.2) is 0 Å². The number of fused-ring (bicyclic) bond motifs is 2. The second-order valence-corrected chi connectivity index (χ2v) is 8.05. The van der Waals surface area contributed by atoms with E-state index in [4.69, 9.17) is 5.73 Å². The molecule has 6 N–H and O–H groups in total. The van der Waals surface area contributed by atoms with Crippen molar-refractivity contribution in [1.29, 1.82) is 0 Å². The molecule has 0 bridgehead atoms. The van der Waals surface area contributed by atoms with Crippen LogP contribution in [0.25, 0.3) is 10.9 Å². The van der Waals surface area contributed by atoms with Crippen LogP contribution in [0, 0.1) is 6.92 Å². The van der Waals surface area contributed by atoms with Crippen LogP contribution < -0.4 is 21.5 Å². The van der Waals surface area contributed by atoms with Crippen LogP contribution in [0.1, 0.15) is 23.1 Å². The zero-order valence-electron chi connectivity index (χ0n) is 18.5. The first-order valence-corrected chi connectivity index (χ1v) is 10.7. The van der Waals surface area contributed by atoms with Crippen molar-refractivity contribution < 1.29 is 19.8 Å². The number of hydrogen-bond donors (Lipinski definition) is 5. The second kappa shape index (κ2) is 9.46. The smallest absolute Gasteiger partial charge is 0.253 e. The number of amidine groups is 1. The Labute approximate surface area is 194 Å². The van der Waals surface area contributed by atoms with Gasteiger partial charge in [0.05, 0.1) is 25.1 Å². The molecule has 0 aliphatic carbocycles. The molecule has 0 radical (unpaired) electrons. The fourth-order valence-corrected chi connectivity index (χ4v) is 4.03. The molecule has 2 aromatic carbocycles. The number of nitrogens with two attached hydrogens (primary N) is 1. The first kappa shape index (κ1) is 23.1. The number of anilines is 2. The Morgan fingerprint density at radius 2 is 2.00 bits per heavy atom. The molecule has 1 aliphatic rings. The predicted octanol–water partition coefficient (Wildman–Crippen LogP) is 0.770. The first-order chi connectivity index (χ1) is 16.3. The van der Waals surface area contributed by atoms with Crippen LogP contribution in [0.5, 0.6) is 0 Å². The van der Waals surface area contributed by atoms with Crippen molar-refractivity contribution in [3.8, 4) is 0 Å². The minimum Gasteiger partial charge on any atom is -0.395 e. The number of carbonyl (C=O) groups excluding carboxylic acids is 2. The molecular weight excluding hydrogens is 438 g/mol. The number of carbonyl (C=O) groups is 2. The third-order valence-corrected chi connectivity index (χ3v) is 5.79. The molecule has 0 fully saturated rings. The number of aryl methyl sites for hydroxylation is 1. The summed E-state index contributed by atoms with van der Waals surface area (Å²) in [6, 6.07) is 11.7. The summed E-state index contributed by atoms with van der Waals surface area (Å²) in [5, 5.41) is 23.3. The van der Waals surface area contributed by atoms with Gasteiger partial charge in [-0.1, -0.05) is 6.07 Å². The van der Waals surface area contributed by atoms with E-state index >= 15 is 0 Å². The number of hydrogen-bond acceptors (Lipinski definition) is 7. The molecule has 2 heterocycles. The van der Waals surface area contributed by atoms with Crippen molar-refractivity contribution in [3.63, 3.8) is 0 Å². The number of amides is 2. The van der Waals surface area contributed by atoms with Gasteiger partial charge in [0.25, 0.3) is 5.91 Å². The molecule has 2 amide bonds. The van der Waals surface area contributed by atoms with Gasteiger partial charge in [-0.05, 0) is 53.8 Å². The molecule has 1 atom stereocenters. The summed E-state index contributed by atoms with van der Waals surface area (Å²) < 4.78 is 0. The lowest BCUT2D eigenvalue weighted by Gasteiger charge is -2.25. The Morgan fingerprint density at radius 1 is 1.24 bits per heavy atom. The van der Waals surface area contributed by atoms with E-state index in [9.17, 15) is 24.6 Å². The van der Waals surface area contributed by atoms with Gasteiger partial charge < -0.3 is 31.1 Å². The van der Waals surface area contributed by atoms with Crippen LogP contribution in [0.2, 0.25) is 0 Å². The molecule has 34 heavy (non-hydrogen) atoms. The Morgan fingerprint density at radius 3 is 2.76 bits per heavy atom. The minimum atomic E-state index is -1.61. The maximum atomic E-state index is 13.0. The molecule has 1 aliphatic heterocycles. The summed E-state index contributed by atoms with van der Waals surface area (Å²) in [5.41, 5.74) is 9.32. The number of aliphatic imine (C=N–C) groups is 1. The first-order valence-electron chi connectivity index (χ1n) is 10.7. The van der Waals surface area contributed by atoms with E-state index in [1.54, 1.807) is 43.3 Å². The van der Waals surface area contributed by atoms with E-state index in [2.05, 4.69) is 15.3 Å². The van der Waals surface area contributed by atoms with Gasteiger partial charge in [0.1, 0.15) is 11.9 Å². The van der Waals surface area contributed by atoms with Gasteiger partial charge in [0, 0.05) is 29.5 Å². The van der Waals surface area contributed by atoms with Gasteiger partial charge in [0.15, 0.2) is 0 Å². The summed E-state index contributed by atoms with van der Waals surface area (Å²) in [4.78, 5) is 45.5. The highest BCUT2D eigenvalue weighted by Crippen LogP contribution is 2.27. The molecule has 1 unspecified atom stereocenters. The van der Waals surface area contributed by atoms with Crippen LogP contribution in [0.15, 0.2) is 52.3 Å². The normalized spacial score (nSPS) is 13.3. The minimum absolute atomic E-state index is 0.0389. The predicted molar refractivity (Wildman–Crippen MR) is 129 cm³/mol. The molecule has 4 rings (SSSR count). The van der Waals surface area contributed by atoms with E-state index in [1.165, 1.54) is 11.0 Å². The monoisotopic (exact) mass is 463 g/mol. The van der Waals surface area contributed by atoms with E-state index in [1.807, 2.05) is 0 Å². The quantitative estimate of drug-likeness (QED) is 0.348. The van der Waals surface area contributed by atoms with Gasteiger partial charge in [-0.15, -0.1) is 0 Å². The molecule has 10 nitrogen and oxygen atoms in total. The summed E-state index contributed by atoms with van der Waals surface area (Å²) in [6.07, 6.45) is -2.10. The maximum Gasteiger partial charge on any atom is 0.253 e. The molecule has 0 spiro atoms. The molecule has 176 valence electrons. The Kier molecular flexibility index (Phi) is 6.44. The highest BCUT2D eigenvalue weighted by molar-refractivity contribution is 6.03. The van der Waals surface area contributed by atoms with Crippen molar-refractivity contribution in [2.45, 2.75) is 26.0 Å².